The predicted octanol–water partition coefficient (Wildman–Crippen LogP) is 7.10. The fourth-order valence-electron chi connectivity index (χ4n) is 4.95. The van der Waals surface area contributed by atoms with Crippen molar-refractivity contribution in [1.82, 2.24) is 4.90 Å². The highest BCUT2D eigenvalue weighted by molar-refractivity contribution is 5.41. The second-order valence-corrected chi connectivity index (χ2v) is 9.18. The van der Waals surface area contributed by atoms with Gasteiger partial charge in [0, 0.05) is 6.54 Å². The van der Waals surface area contributed by atoms with Gasteiger partial charge in [0.15, 0.2) is 0 Å². The van der Waals surface area contributed by atoms with Crippen molar-refractivity contribution < 1.29 is 5.11 Å². The van der Waals surface area contributed by atoms with Crippen molar-refractivity contribution in [1.29, 1.82) is 0 Å². The lowest BCUT2D eigenvalue weighted by Crippen LogP contribution is -2.15. The van der Waals surface area contributed by atoms with Crippen LogP contribution >= 0.6 is 0 Å². The minimum absolute atomic E-state index is 0.387. The normalized spacial score (nSPS) is 16.1. The fraction of sp³-hybridized carbons (Fsp3) is 0.400. The molecule has 3 aromatic carbocycles. The molecule has 0 saturated carbocycles. The summed E-state index contributed by atoms with van der Waals surface area (Å²) in [5, 5.41) is 9.79. The molecule has 2 atom stereocenters. The van der Waals surface area contributed by atoms with Gasteiger partial charge in [0.2, 0.25) is 0 Å². The van der Waals surface area contributed by atoms with Gasteiger partial charge in [-0.05, 0) is 97.1 Å². The van der Waals surface area contributed by atoms with Crippen LogP contribution in [0, 0.1) is 0 Å². The highest BCUT2D eigenvalue weighted by Gasteiger charge is 2.23. The zero-order chi connectivity index (χ0) is 23.1. The first kappa shape index (κ1) is 24.1. The van der Waals surface area contributed by atoms with E-state index in [1.807, 2.05) is 26.0 Å². The summed E-state index contributed by atoms with van der Waals surface area (Å²) in [5.41, 5.74) is 8.47. The SMILES string of the molecule is CC.CC(Cc1ccc(CN(C)C)cc1)c1ccccc1C1CCc2cc(O)ccc2C1. The zero-order valence-electron chi connectivity index (χ0n) is 20.4. The highest BCUT2D eigenvalue weighted by atomic mass is 16.3. The first-order chi connectivity index (χ1) is 15.5. The van der Waals surface area contributed by atoms with Gasteiger partial charge < -0.3 is 10.0 Å². The van der Waals surface area contributed by atoms with Crippen LogP contribution in [0.1, 0.15) is 72.4 Å². The second-order valence-electron chi connectivity index (χ2n) is 9.18. The molecule has 2 unspecified atom stereocenters. The van der Waals surface area contributed by atoms with Crippen LogP contribution in [0.25, 0.3) is 0 Å². The third kappa shape index (κ3) is 6.01. The van der Waals surface area contributed by atoms with Crippen molar-refractivity contribution in [3.8, 4) is 5.75 Å². The van der Waals surface area contributed by atoms with Gasteiger partial charge in [-0.25, -0.2) is 0 Å². The average molecular weight is 430 g/mol. The molecule has 32 heavy (non-hydrogen) atoms. The summed E-state index contributed by atoms with van der Waals surface area (Å²) in [7, 11) is 4.22. The molecule has 0 saturated heterocycles. The third-order valence-electron chi connectivity index (χ3n) is 6.45. The maximum Gasteiger partial charge on any atom is 0.115 e. The Morgan fingerprint density at radius 2 is 1.59 bits per heavy atom. The summed E-state index contributed by atoms with van der Waals surface area (Å²) in [6.07, 6.45) is 4.33. The van der Waals surface area contributed by atoms with Crippen molar-refractivity contribution in [3.05, 3.63) is 100 Å². The maximum atomic E-state index is 9.79. The molecule has 4 rings (SSSR count). The van der Waals surface area contributed by atoms with E-state index in [1.165, 1.54) is 33.4 Å². The number of nitrogens with zero attached hydrogens (tertiary/aromatic N) is 1. The first-order valence-electron chi connectivity index (χ1n) is 12.1. The van der Waals surface area contributed by atoms with Gasteiger partial charge in [0.25, 0.3) is 0 Å². The van der Waals surface area contributed by atoms with Crippen LogP contribution in [0.15, 0.2) is 66.7 Å². The van der Waals surface area contributed by atoms with E-state index in [1.54, 1.807) is 0 Å². The number of aromatic hydroxyl groups is 1. The van der Waals surface area contributed by atoms with E-state index in [0.29, 0.717) is 17.6 Å². The largest absolute Gasteiger partial charge is 0.508 e. The van der Waals surface area contributed by atoms with Crippen LogP contribution in [0.3, 0.4) is 0 Å². The molecule has 2 heteroatoms. The summed E-state index contributed by atoms with van der Waals surface area (Å²) >= 11 is 0. The number of phenols is 1. The molecule has 2 nitrogen and oxygen atoms in total. The molecule has 0 amide bonds. The van der Waals surface area contributed by atoms with E-state index in [4.69, 9.17) is 0 Å². The molecular formula is C30H39NO. The monoisotopic (exact) mass is 429 g/mol. The Bertz CT molecular complexity index is 990. The van der Waals surface area contributed by atoms with E-state index >= 15 is 0 Å². The van der Waals surface area contributed by atoms with Gasteiger partial charge in [-0.15, -0.1) is 0 Å². The molecular weight excluding hydrogens is 390 g/mol. The van der Waals surface area contributed by atoms with Crippen LogP contribution in [0.5, 0.6) is 5.75 Å². The first-order valence-corrected chi connectivity index (χ1v) is 12.1. The Labute approximate surface area is 194 Å². The van der Waals surface area contributed by atoms with E-state index in [-0.39, 0.29) is 0 Å². The lowest BCUT2D eigenvalue weighted by molar-refractivity contribution is 0.402. The second kappa shape index (κ2) is 11.3. The molecule has 1 aliphatic rings. The fourth-order valence-corrected chi connectivity index (χ4v) is 4.95. The van der Waals surface area contributed by atoms with Gasteiger partial charge in [0.05, 0.1) is 0 Å². The van der Waals surface area contributed by atoms with Gasteiger partial charge in [0.1, 0.15) is 5.75 Å². The molecule has 1 aliphatic carbocycles. The standard InChI is InChI=1S/C28H33NO.C2H6/c1-20(16-21-8-10-22(11-9-21)19-29(2)3)27-6-4-5-7-28(27)25-13-12-24-18-26(30)15-14-23(24)17-25;1-2/h4-11,14-15,18,20,25,30H,12-13,16-17,19H2,1-3H3;1-2H3. The number of aryl methyl sites for hydroxylation is 1. The maximum absolute atomic E-state index is 9.79. The summed E-state index contributed by atoms with van der Waals surface area (Å²) in [5.74, 6) is 1.43. The molecule has 0 fully saturated rings. The number of hydrogen-bond acceptors (Lipinski definition) is 2. The highest BCUT2D eigenvalue weighted by Crippen LogP contribution is 2.38. The quantitative estimate of drug-likeness (QED) is 0.452. The minimum Gasteiger partial charge on any atom is -0.508 e. The number of benzene rings is 3. The number of rotatable bonds is 6. The number of hydrogen-bond donors (Lipinski definition) is 1. The van der Waals surface area contributed by atoms with Crippen molar-refractivity contribution in [3.63, 3.8) is 0 Å². The summed E-state index contributed by atoms with van der Waals surface area (Å²) in [6, 6.07) is 24.0. The van der Waals surface area contributed by atoms with Crippen LogP contribution in [0.2, 0.25) is 0 Å². The summed E-state index contributed by atoms with van der Waals surface area (Å²) < 4.78 is 0. The molecule has 0 spiro atoms. The van der Waals surface area contributed by atoms with Gasteiger partial charge >= 0.3 is 0 Å². The van der Waals surface area contributed by atoms with Crippen LogP contribution < -0.4 is 0 Å². The van der Waals surface area contributed by atoms with Crippen molar-refractivity contribution in [2.24, 2.45) is 0 Å². The molecule has 0 aliphatic heterocycles. The third-order valence-corrected chi connectivity index (χ3v) is 6.45. The van der Waals surface area contributed by atoms with Crippen LogP contribution in [0.4, 0.5) is 0 Å². The Balaban J connectivity index is 0.00000141. The van der Waals surface area contributed by atoms with Gasteiger partial charge in [-0.3, -0.25) is 0 Å². The topological polar surface area (TPSA) is 23.5 Å². The molecule has 0 aromatic heterocycles. The van der Waals surface area contributed by atoms with Crippen LogP contribution in [-0.2, 0) is 25.8 Å². The van der Waals surface area contributed by atoms with Crippen molar-refractivity contribution >= 4 is 0 Å². The van der Waals surface area contributed by atoms with E-state index < -0.39 is 0 Å². The number of phenolic OH excluding ortho intramolecular Hbond substituents is 1. The van der Waals surface area contributed by atoms with Gasteiger partial charge in [-0.1, -0.05) is 75.4 Å². The summed E-state index contributed by atoms with van der Waals surface area (Å²) in [6.45, 7) is 7.35. The van der Waals surface area contributed by atoms with Gasteiger partial charge in [-0.2, -0.15) is 0 Å². The molecule has 1 N–H and O–H groups in total. The minimum atomic E-state index is 0.387. The van der Waals surface area contributed by atoms with E-state index in [9.17, 15) is 5.11 Å². The molecule has 3 aromatic rings. The molecule has 0 bridgehead atoms. The Morgan fingerprint density at radius 1 is 0.906 bits per heavy atom. The van der Waals surface area contributed by atoms with Crippen molar-refractivity contribution in [2.45, 2.75) is 64.8 Å². The predicted molar refractivity (Wildman–Crippen MR) is 137 cm³/mol. The lowest BCUT2D eigenvalue weighted by Gasteiger charge is -2.28. The Kier molecular flexibility index (Phi) is 8.53. The average Bonchev–Trinajstić information content (AvgIpc) is 2.81. The number of fused-ring (bicyclic) bond motifs is 1. The van der Waals surface area contributed by atoms with Crippen molar-refractivity contribution in [2.75, 3.05) is 14.1 Å². The Morgan fingerprint density at radius 3 is 2.31 bits per heavy atom. The lowest BCUT2D eigenvalue weighted by atomic mass is 9.76. The summed E-state index contributed by atoms with van der Waals surface area (Å²) in [4.78, 5) is 2.21. The molecule has 0 radical (unpaired) electrons. The van der Waals surface area contributed by atoms with Crippen LogP contribution in [-0.4, -0.2) is 24.1 Å². The molecule has 0 heterocycles. The van der Waals surface area contributed by atoms with E-state index in [2.05, 4.69) is 80.5 Å². The van der Waals surface area contributed by atoms with E-state index in [0.717, 1.165) is 32.2 Å². The zero-order valence-corrected chi connectivity index (χ0v) is 20.4. The Hall–Kier alpha value is -2.58. The smallest absolute Gasteiger partial charge is 0.115 e. The molecule has 170 valence electrons.